The maximum absolute atomic E-state index is 4.76. The van der Waals surface area contributed by atoms with Crippen molar-refractivity contribution in [3.8, 4) is 11.4 Å². The Morgan fingerprint density at radius 1 is 1.17 bits per heavy atom. The summed E-state index contributed by atoms with van der Waals surface area (Å²) in [6.45, 7) is 12.9. The Hall–Kier alpha value is -1.64. The van der Waals surface area contributed by atoms with E-state index in [1.807, 2.05) is 6.20 Å². The van der Waals surface area contributed by atoms with Gasteiger partial charge in [0.15, 0.2) is 0 Å². The van der Waals surface area contributed by atoms with Gasteiger partial charge in [0.1, 0.15) is 17.4 Å². The Morgan fingerprint density at radius 2 is 1.92 bits per heavy atom. The lowest BCUT2D eigenvalue weighted by molar-refractivity contribution is -0.769. The molecule has 0 aliphatic carbocycles. The molecule has 0 N–H and O–H groups in total. The zero-order valence-corrected chi connectivity index (χ0v) is 15.8. The minimum Gasteiger partial charge on any atom is -0.260 e. The van der Waals surface area contributed by atoms with Gasteiger partial charge in [0.25, 0.3) is 5.82 Å². The van der Waals surface area contributed by atoms with Crippen molar-refractivity contribution in [2.45, 2.75) is 84.2 Å². The predicted molar refractivity (Wildman–Crippen MR) is 97.1 cm³/mol. The van der Waals surface area contributed by atoms with Gasteiger partial charge in [0.2, 0.25) is 0 Å². The first-order valence-electron chi connectivity index (χ1n) is 9.71. The highest BCUT2D eigenvalue weighted by Crippen LogP contribution is 2.52. The standard InChI is InChI=1S/C21H30N3/c1-6-15-14-24-19-18-16(10-12-22-17(18)11-13-23(15)19)20(5,7-2)21(24,8-3)9-4/h10,12,14H,6-9,11,13H2,1-5H3/q+1. The van der Waals surface area contributed by atoms with Gasteiger partial charge in [-0.25, -0.2) is 9.13 Å². The molecule has 0 fully saturated rings. The average molecular weight is 324 g/mol. The van der Waals surface area contributed by atoms with Gasteiger partial charge >= 0.3 is 0 Å². The number of hydrogen-bond acceptors (Lipinski definition) is 1. The Balaban J connectivity index is 2.17. The molecule has 4 heterocycles. The molecule has 4 rings (SSSR count). The van der Waals surface area contributed by atoms with E-state index in [2.05, 4.69) is 56.0 Å². The van der Waals surface area contributed by atoms with Crippen LogP contribution in [0.15, 0.2) is 18.5 Å². The highest BCUT2D eigenvalue weighted by molar-refractivity contribution is 5.67. The molecule has 0 amide bonds. The lowest BCUT2D eigenvalue weighted by atomic mass is 9.59. The summed E-state index contributed by atoms with van der Waals surface area (Å²) in [6, 6.07) is 2.31. The fourth-order valence-corrected chi connectivity index (χ4v) is 5.69. The van der Waals surface area contributed by atoms with Crippen LogP contribution in [0.25, 0.3) is 11.4 Å². The summed E-state index contributed by atoms with van der Waals surface area (Å²) < 4.78 is 5.23. The van der Waals surface area contributed by atoms with Crippen LogP contribution in [0.1, 0.15) is 70.8 Å². The molecule has 2 aromatic heterocycles. The second-order valence-corrected chi connectivity index (χ2v) is 7.67. The largest absolute Gasteiger partial charge is 0.291 e. The Bertz CT molecular complexity index is 798. The molecule has 2 aromatic rings. The number of pyridine rings is 1. The van der Waals surface area contributed by atoms with E-state index in [9.17, 15) is 0 Å². The van der Waals surface area contributed by atoms with Crippen molar-refractivity contribution < 1.29 is 4.57 Å². The quantitative estimate of drug-likeness (QED) is 0.774. The molecule has 2 aliphatic heterocycles. The highest BCUT2D eigenvalue weighted by Gasteiger charge is 2.58. The summed E-state index contributed by atoms with van der Waals surface area (Å²) >= 11 is 0. The van der Waals surface area contributed by atoms with E-state index in [0.29, 0.717) is 0 Å². The number of nitrogens with zero attached hydrogens (tertiary/aromatic N) is 3. The molecule has 1 atom stereocenters. The Labute approximate surface area is 145 Å². The van der Waals surface area contributed by atoms with Crippen molar-refractivity contribution in [1.29, 1.82) is 0 Å². The van der Waals surface area contributed by atoms with Crippen molar-refractivity contribution in [3.05, 3.63) is 35.4 Å². The lowest BCUT2D eigenvalue weighted by Crippen LogP contribution is -2.68. The summed E-state index contributed by atoms with van der Waals surface area (Å²) in [7, 11) is 0. The zero-order chi connectivity index (χ0) is 17.1. The van der Waals surface area contributed by atoms with Crippen LogP contribution in [-0.4, -0.2) is 9.55 Å². The van der Waals surface area contributed by atoms with Gasteiger partial charge in [-0.15, -0.1) is 0 Å². The van der Waals surface area contributed by atoms with Crippen molar-refractivity contribution in [2.24, 2.45) is 0 Å². The molecule has 0 spiro atoms. The second-order valence-electron chi connectivity index (χ2n) is 7.67. The maximum atomic E-state index is 4.76. The Kier molecular flexibility index (Phi) is 3.42. The topological polar surface area (TPSA) is 21.7 Å². The van der Waals surface area contributed by atoms with Crippen LogP contribution in [0.2, 0.25) is 0 Å². The third kappa shape index (κ3) is 1.59. The van der Waals surface area contributed by atoms with Crippen molar-refractivity contribution in [3.63, 3.8) is 0 Å². The average Bonchev–Trinajstić information content (AvgIpc) is 3.01. The van der Waals surface area contributed by atoms with Crippen LogP contribution in [0.4, 0.5) is 0 Å². The van der Waals surface area contributed by atoms with Crippen LogP contribution >= 0.6 is 0 Å². The van der Waals surface area contributed by atoms with Crippen LogP contribution in [-0.2, 0) is 30.3 Å². The number of aromatic nitrogens is 3. The van der Waals surface area contributed by atoms with E-state index in [-0.39, 0.29) is 11.0 Å². The van der Waals surface area contributed by atoms with Gasteiger partial charge < -0.3 is 0 Å². The summed E-state index contributed by atoms with van der Waals surface area (Å²) in [5.41, 5.74) is 6.03. The molecule has 0 bridgehead atoms. The summed E-state index contributed by atoms with van der Waals surface area (Å²) in [4.78, 5) is 4.76. The van der Waals surface area contributed by atoms with E-state index in [4.69, 9.17) is 4.98 Å². The molecule has 24 heavy (non-hydrogen) atoms. The lowest BCUT2D eigenvalue weighted by Gasteiger charge is -2.50. The smallest absolute Gasteiger partial charge is 0.260 e. The molecular formula is C21H30N3+. The Morgan fingerprint density at radius 3 is 2.54 bits per heavy atom. The molecule has 3 heteroatoms. The molecule has 0 saturated carbocycles. The minimum absolute atomic E-state index is 0.148. The summed E-state index contributed by atoms with van der Waals surface area (Å²) in [5, 5.41) is 0. The molecule has 128 valence electrons. The molecule has 2 aliphatic rings. The normalized spacial score (nSPS) is 23.2. The molecule has 0 saturated heterocycles. The number of imidazole rings is 1. The van der Waals surface area contributed by atoms with Crippen LogP contribution in [0.3, 0.4) is 0 Å². The van der Waals surface area contributed by atoms with E-state index in [1.165, 1.54) is 28.3 Å². The molecule has 0 aromatic carbocycles. The zero-order valence-electron chi connectivity index (χ0n) is 15.8. The van der Waals surface area contributed by atoms with E-state index >= 15 is 0 Å². The number of hydrogen-bond donors (Lipinski definition) is 0. The summed E-state index contributed by atoms with van der Waals surface area (Å²) in [5.74, 6) is 1.42. The minimum atomic E-state index is 0.148. The third-order valence-corrected chi connectivity index (χ3v) is 7.26. The van der Waals surface area contributed by atoms with Crippen LogP contribution < -0.4 is 4.57 Å². The van der Waals surface area contributed by atoms with Gasteiger partial charge in [-0.1, -0.05) is 34.6 Å². The fraction of sp³-hybridized carbons (Fsp3) is 0.619. The maximum Gasteiger partial charge on any atom is 0.291 e. The molecule has 1 unspecified atom stereocenters. The number of rotatable bonds is 4. The first-order valence-corrected chi connectivity index (χ1v) is 9.71. The first-order chi connectivity index (χ1) is 11.6. The fourth-order valence-electron chi connectivity index (χ4n) is 5.69. The van der Waals surface area contributed by atoms with Gasteiger partial charge in [-0.2, -0.15) is 0 Å². The summed E-state index contributed by atoms with van der Waals surface area (Å²) in [6.07, 6.45) is 10.1. The van der Waals surface area contributed by atoms with E-state index < -0.39 is 0 Å². The molecular weight excluding hydrogens is 294 g/mol. The highest BCUT2D eigenvalue weighted by atomic mass is 15.2. The molecule has 3 nitrogen and oxygen atoms in total. The van der Waals surface area contributed by atoms with Gasteiger partial charge in [-0.3, -0.25) is 4.98 Å². The predicted octanol–water partition coefficient (Wildman–Crippen LogP) is 4.15. The van der Waals surface area contributed by atoms with Gasteiger partial charge in [-0.05, 0) is 30.9 Å². The molecule has 0 radical (unpaired) electrons. The van der Waals surface area contributed by atoms with Crippen molar-refractivity contribution >= 4 is 0 Å². The first kappa shape index (κ1) is 15.9. The monoisotopic (exact) mass is 324 g/mol. The van der Waals surface area contributed by atoms with E-state index in [1.54, 1.807) is 0 Å². The van der Waals surface area contributed by atoms with Crippen LogP contribution in [0, 0.1) is 0 Å². The van der Waals surface area contributed by atoms with Crippen LogP contribution in [0.5, 0.6) is 0 Å². The van der Waals surface area contributed by atoms with Crippen molar-refractivity contribution in [2.75, 3.05) is 0 Å². The third-order valence-electron chi connectivity index (χ3n) is 7.26. The van der Waals surface area contributed by atoms with Gasteiger partial charge in [0, 0.05) is 24.5 Å². The SMILES string of the molecule is CCc1c[n+]2c3n1CCc1nccc(c1-3)C(C)(CC)C2(CC)CC. The van der Waals surface area contributed by atoms with E-state index in [0.717, 1.165) is 38.6 Å². The second kappa shape index (κ2) is 5.18. The van der Waals surface area contributed by atoms with Crippen molar-refractivity contribution in [1.82, 2.24) is 9.55 Å². The number of aryl methyl sites for hydroxylation is 2. The van der Waals surface area contributed by atoms with Gasteiger partial charge in [0.05, 0.1) is 17.8 Å².